The van der Waals surface area contributed by atoms with Gasteiger partial charge in [-0.1, -0.05) is 0 Å². The third-order valence-electron chi connectivity index (χ3n) is 6.22. The molecule has 3 aliphatic rings. The van der Waals surface area contributed by atoms with E-state index in [0.29, 0.717) is 12.8 Å². The van der Waals surface area contributed by atoms with Crippen molar-refractivity contribution < 1.29 is 28.5 Å². The highest BCUT2D eigenvalue weighted by Gasteiger charge is 2.75. The average Bonchev–Trinajstić information content (AvgIpc) is 2.44. The average molecular weight is 340 g/mol. The Morgan fingerprint density at radius 2 is 1.17 bits per heavy atom. The van der Waals surface area contributed by atoms with E-state index >= 15 is 0 Å². The lowest BCUT2D eigenvalue weighted by atomic mass is 9.34. The van der Waals surface area contributed by atoms with E-state index in [4.69, 9.17) is 18.9 Å². The van der Waals surface area contributed by atoms with Crippen LogP contribution in [-0.4, -0.2) is 45.2 Å². The van der Waals surface area contributed by atoms with Crippen molar-refractivity contribution in [2.45, 2.75) is 58.2 Å². The Labute approximate surface area is 143 Å². The third-order valence-corrected chi connectivity index (χ3v) is 6.22. The Bertz CT molecular complexity index is 492. The second kappa shape index (κ2) is 5.70. The van der Waals surface area contributed by atoms with Gasteiger partial charge in [0.25, 0.3) is 0 Å². The predicted octanol–water partition coefficient (Wildman–Crippen LogP) is 2.44. The zero-order chi connectivity index (χ0) is 17.6. The molecule has 0 aromatic carbocycles. The first kappa shape index (κ1) is 17.7. The molecular weight excluding hydrogens is 312 g/mol. The van der Waals surface area contributed by atoms with Crippen molar-refractivity contribution in [1.82, 2.24) is 0 Å². The van der Waals surface area contributed by atoms with Crippen LogP contribution < -0.4 is 0 Å². The summed E-state index contributed by atoms with van der Waals surface area (Å²) in [7, 11) is 3.36. The van der Waals surface area contributed by atoms with E-state index in [2.05, 4.69) is 0 Å². The van der Waals surface area contributed by atoms with E-state index in [0.717, 1.165) is 25.7 Å². The first-order valence-corrected chi connectivity index (χ1v) is 8.78. The Kier molecular flexibility index (Phi) is 4.20. The molecule has 2 spiro atoms. The van der Waals surface area contributed by atoms with Gasteiger partial charge in [-0.15, -0.1) is 0 Å². The molecule has 24 heavy (non-hydrogen) atoms. The number of ether oxygens (including phenoxy) is 4. The smallest absolute Gasteiger partial charge is 0.323 e. The Morgan fingerprint density at radius 3 is 1.54 bits per heavy atom. The number of carbonyl (C=O) groups is 2. The summed E-state index contributed by atoms with van der Waals surface area (Å²) >= 11 is 0. The molecule has 3 saturated carbocycles. The van der Waals surface area contributed by atoms with Gasteiger partial charge < -0.3 is 18.9 Å². The largest absolute Gasteiger partial charge is 0.465 e. The molecule has 3 rings (SSSR count). The maximum atomic E-state index is 12.4. The van der Waals surface area contributed by atoms with Crippen LogP contribution in [0.5, 0.6) is 0 Å². The van der Waals surface area contributed by atoms with Crippen LogP contribution in [0, 0.1) is 16.2 Å². The maximum absolute atomic E-state index is 12.4. The highest BCUT2D eigenvalue weighted by molar-refractivity contribution is 6.01. The summed E-state index contributed by atoms with van der Waals surface area (Å²) in [5.74, 6) is -1.29. The lowest BCUT2D eigenvalue weighted by Crippen LogP contribution is -2.69. The minimum atomic E-state index is -1.09. The van der Waals surface area contributed by atoms with Gasteiger partial charge in [0.05, 0.1) is 13.2 Å². The van der Waals surface area contributed by atoms with Crippen LogP contribution in [0.4, 0.5) is 0 Å². The van der Waals surface area contributed by atoms with Crippen LogP contribution in [0.3, 0.4) is 0 Å². The molecule has 3 fully saturated rings. The van der Waals surface area contributed by atoms with Crippen molar-refractivity contribution in [1.29, 1.82) is 0 Å². The molecule has 0 bridgehead atoms. The van der Waals surface area contributed by atoms with Crippen LogP contribution in [0.15, 0.2) is 0 Å². The number of hydrogen-bond donors (Lipinski definition) is 0. The molecule has 0 aliphatic heterocycles. The van der Waals surface area contributed by atoms with Gasteiger partial charge in [-0.3, -0.25) is 9.59 Å². The summed E-state index contributed by atoms with van der Waals surface area (Å²) in [6.45, 7) is 4.07. The minimum Gasteiger partial charge on any atom is -0.465 e. The standard InChI is InChI=1S/C18H28O6/c1-5-23-13(19)17(14(20)24-6-2)9-15(10-17)7-16(8-15)11-18(12-16,21-3)22-4/h5-12H2,1-4H3. The minimum absolute atomic E-state index is 0.0766. The zero-order valence-electron chi connectivity index (χ0n) is 15.1. The quantitative estimate of drug-likeness (QED) is 0.420. The van der Waals surface area contributed by atoms with Gasteiger partial charge in [0.2, 0.25) is 0 Å². The lowest BCUT2D eigenvalue weighted by molar-refractivity contribution is -0.341. The van der Waals surface area contributed by atoms with E-state index < -0.39 is 23.1 Å². The molecule has 6 nitrogen and oxygen atoms in total. The van der Waals surface area contributed by atoms with Crippen LogP contribution >= 0.6 is 0 Å². The van der Waals surface area contributed by atoms with Crippen molar-refractivity contribution >= 4 is 11.9 Å². The predicted molar refractivity (Wildman–Crippen MR) is 85.0 cm³/mol. The summed E-state index contributed by atoms with van der Waals surface area (Å²) < 4.78 is 21.3. The van der Waals surface area contributed by atoms with Gasteiger partial charge in [-0.05, 0) is 50.4 Å². The Morgan fingerprint density at radius 1 is 0.750 bits per heavy atom. The highest BCUT2D eigenvalue weighted by atomic mass is 16.7. The van der Waals surface area contributed by atoms with Gasteiger partial charge in [-0.2, -0.15) is 0 Å². The fourth-order valence-electron chi connectivity index (χ4n) is 5.64. The molecule has 0 heterocycles. The second-order valence-electron chi connectivity index (χ2n) is 7.90. The number of hydrogen-bond acceptors (Lipinski definition) is 6. The number of rotatable bonds is 6. The molecule has 0 amide bonds. The van der Waals surface area contributed by atoms with E-state index in [1.165, 1.54) is 0 Å². The van der Waals surface area contributed by atoms with Crippen LogP contribution in [0.2, 0.25) is 0 Å². The van der Waals surface area contributed by atoms with Crippen LogP contribution in [0.25, 0.3) is 0 Å². The van der Waals surface area contributed by atoms with Crippen molar-refractivity contribution in [2.24, 2.45) is 16.2 Å². The number of methoxy groups -OCH3 is 2. The zero-order valence-corrected chi connectivity index (χ0v) is 15.1. The van der Waals surface area contributed by atoms with E-state index in [1.807, 2.05) is 0 Å². The third kappa shape index (κ3) is 2.37. The van der Waals surface area contributed by atoms with Gasteiger partial charge in [0.1, 0.15) is 0 Å². The van der Waals surface area contributed by atoms with Crippen molar-refractivity contribution in [3.63, 3.8) is 0 Å². The lowest BCUT2D eigenvalue weighted by Gasteiger charge is -2.71. The van der Waals surface area contributed by atoms with Crippen molar-refractivity contribution in [3.8, 4) is 0 Å². The van der Waals surface area contributed by atoms with Gasteiger partial charge >= 0.3 is 11.9 Å². The number of esters is 2. The van der Waals surface area contributed by atoms with Crippen molar-refractivity contribution in [2.75, 3.05) is 27.4 Å². The first-order valence-electron chi connectivity index (χ1n) is 8.78. The normalized spacial score (nSPS) is 26.8. The summed E-state index contributed by atoms with van der Waals surface area (Å²) in [4.78, 5) is 24.7. The maximum Gasteiger partial charge on any atom is 0.323 e. The Balaban J connectivity index is 1.63. The van der Waals surface area contributed by atoms with E-state index in [-0.39, 0.29) is 24.0 Å². The SMILES string of the molecule is CCOC(=O)C1(C(=O)OCC)CC2(CC3(C2)CC(OC)(OC)C3)C1. The summed E-state index contributed by atoms with van der Waals surface area (Å²) in [5.41, 5.74) is -0.758. The van der Waals surface area contributed by atoms with Gasteiger partial charge in [-0.25, -0.2) is 0 Å². The van der Waals surface area contributed by atoms with E-state index in [1.54, 1.807) is 28.1 Å². The summed E-state index contributed by atoms with van der Waals surface area (Å²) in [6, 6.07) is 0. The molecule has 3 aliphatic carbocycles. The Hall–Kier alpha value is -1.14. The number of carbonyl (C=O) groups excluding carboxylic acids is 2. The van der Waals surface area contributed by atoms with Crippen LogP contribution in [-0.2, 0) is 28.5 Å². The molecule has 0 aromatic rings. The fourth-order valence-corrected chi connectivity index (χ4v) is 5.64. The molecule has 0 radical (unpaired) electrons. The highest BCUT2D eigenvalue weighted by Crippen LogP contribution is 2.77. The fraction of sp³-hybridized carbons (Fsp3) is 0.889. The molecule has 0 saturated heterocycles. The van der Waals surface area contributed by atoms with Crippen LogP contribution in [0.1, 0.15) is 52.4 Å². The molecule has 0 unspecified atom stereocenters. The molecule has 0 aromatic heterocycles. The first-order chi connectivity index (χ1) is 11.3. The molecule has 6 heteroatoms. The molecule has 136 valence electrons. The van der Waals surface area contributed by atoms with Gasteiger partial charge in [0.15, 0.2) is 11.2 Å². The molecule has 0 N–H and O–H groups in total. The second-order valence-corrected chi connectivity index (χ2v) is 7.90. The van der Waals surface area contributed by atoms with Gasteiger partial charge in [0, 0.05) is 27.1 Å². The topological polar surface area (TPSA) is 71.1 Å². The van der Waals surface area contributed by atoms with E-state index in [9.17, 15) is 9.59 Å². The van der Waals surface area contributed by atoms with Crippen molar-refractivity contribution in [3.05, 3.63) is 0 Å². The monoisotopic (exact) mass is 340 g/mol. The summed E-state index contributed by atoms with van der Waals surface area (Å²) in [5, 5.41) is 0. The summed E-state index contributed by atoms with van der Waals surface area (Å²) in [6.07, 6.45) is 4.92. The molecule has 0 atom stereocenters. The molecular formula is C18H28O6.